The van der Waals surface area contributed by atoms with Crippen molar-refractivity contribution in [3.8, 4) is 5.88 Å². The third kappa shape index (κ3) is 8.56. The fraction of sp³-hybridized carbons (Fsp3) is 0.360. The van der Waals surface area contributed by atoms with Crippen molar-refractivity contribution in [2.24, 2.45) is 0 Å². The predicted molar refractivity (Wildman–Crippen MR) is 138 cm³/mol. The first-order chi connectivity index (χ1) is 15.8. The van der Waals surface area contributed by atoms with Crippen LogP contribution in [0.3, 0.4) is 0 Å². The van der Waals surface area contributed by atoms with Gasteiger partial charge in [0.15, 0.2) is 0 Å². The lowest BCUT2D eigenvalue weighted by molar-refractivity contribution is -0.116. The molecular formula is C25H31Cl2N5O2. The Morgan fingerprint density at radius 1 is 0.912 bits per heavy atom. The Hall–Kier alpha value is -2.74. The number of carbonyl (C=O) groups excluding carboxylic acids is 1. The van der Waals surface area contributed by atoms with Gasteiger partial charge in [-0.15, -0.1) is 24.8 Å². The highest BCUT2D eigenvalue weighted by Crippen LogP contribution is 2.23. The van der Waals surface area contributed by atoms with Crippen molar-refractivity contribution in [3.05, 3.63) is 77.9 Å². The maximum absolute atomic E-state index is 11.6. The number of hydrogen-bond donors (Lipinski definition) is 1. The molecule has 0 aliphatic carbocycles. The number of pyridine rings is 3. The first kappa shape index (κ1) is 27.5. The van der Waals surface area contributed by atoms with Crippen molar-refractivity contribution < 1.29 is 9.53 Å². The van der Waals surface area contributed by atoms with E-state index in [1.165, 1.54) is 11.1 Å². The minimum atomic E-state index is 0. The Kier molecular flexibility index (Phi) is 11.7. The van der Waals surface area contributed by atoms with E-state index in [-0.39, 0.29) is 30.7 Å². The molecule has 3 aromatic rings. The van der Waals surface area contributed by atoms with Gasteiger partial charge in [0.2, 0.25) is 11.8 Å². The van der Waals surface area contributed by atoms with E-state index >= 15 is 0 Å². The van der Waals surface area contributed by atoms with Crippen LogP contribution >= 0.6 is 24.8 Å². The van der Waals surface area contributed by atoms with Crippen LogP contribution in [0.2, 0.25) is 0 Å². The van der Waals surface area contributed by atoms with E-state index in [9.17, 15) is 4.79 Å². The molecule has 4 heterocycles. The van der Waals surface area contributed by atoms with Gasteiger partial charge in [-0.1, -0.05) is 6.07 Å². The summed E-state index contributed by atoms with van der Waals surface area (Å²) in [6, 6.07) is 12.1. The largest absolute Gasteiger partial charge is 0.478 e. The normalized spacial score (nSPS) is 12.2. The topological polar surface area (TPSA) is 80.2 Å². The molecule has 4 rings (SSSR count). The average molecular weight is 504 g/mol. The molecule has 1 N–H and O–H groups in total. The van der Waals surface area contributed by atoms with Gasteiger partial charge in [0.1, 0.15) is 5.82 Å². The Bertz CT molecular complexity index is 1010. The van der Waals surface area contributed by atoms with Gasteiger partial charge in [-0.25, -0.2) is 0 Å². The van der Waals surface area contributed by atoms with Gasteiger partial charge in [-0.2, -0.15) is 4.98 Å². The van der Waals surface area contributed by atoms with Crippen molar-refractivity contribution in [2.45, 2.75) is 38.6 Å². The van der Waals surface area contributed by atoms with E-state index in [2.05, 4.69) is 43.4 Å². The molecule has 0 radical (unpaired) electrons. The maximum Gasteiger partial charge on any atom is 0.225 e. The fourth-order valence-electron chi connectivity index (χ4n) is 3.77. The van der Waals surface area contributed by atoms with Crippen LogP contribution in [0.15, 0.2) is 61.2 Å². The highest BCUT2D eigenvalue weighted by molar-refractivity contribution is 5.92. The Morgan fingerprint density at radius 2 is 1.76 bits per heavy atom. The molecule has 1 amide bonds. The summed E-state index contributed by atoms with van der Waals surface area (Å²) in [5.74, 6) is 1.22. The second-order valence-corrected chi connectivity index (χ2v) is 8.00. The summed E-state index contributed by atoms with van der Waals surface area (Å²) in [5, 5.41) is 2.82. The molecule has 0 aromatic carbocycles. The van der Waals surface area contributed by atoms with E-state index < -0.39 is 0 Å². The molecule has 0 atom stereocenters. The first-order valence-corrected chi connectivity index (χ1v) is 11.2. The summed E-state index contributed by atoms with van der Waals surface area (Å²) in [6.07, 6.45) is 11.6. The SMILES string of the molecule is Cl.Cl.O=C1CCc2ccc(OCCCCN(CCc3cccnc3)Cc3ccncc3)nc2N1. The number of rotatable bonds is 11. The van der Waals surface area contributed by atoms with E-state index in [4.69, 9.17) is 4.74 Å². The van der Waals surface area contributed by atoms with Crippen molar-refractivity contribution in [3.63, 3.8) is 0 Å². The molecule has 34 heavy (non-hydrogen) atoms. The van der Waals surface area contributed by atoms with Crippen LogP contribution in [0.4, 0.5) is 5.82 Å². The molecule has 1 aliphatic rings. The van der Waals surface area contributed by atoms with Crippen LogP contribution in [-0.2, 0) is 24.2 Å². The van der Waals surface area contributed by atoms with Gasteiger partial charge < -0.3 is 10.1 Å². The number of aromatic nitrogens is 3. The first-order valence-electron chi connectivity index (χ1n) is 11.2. The lowest BCUT2D eigenvalue weighted by Crippen LogP contribution is -2.27. The lowest BCUT2D eigenvalue weighted by atomic mass is 10.1. The quantitative estimate of drug-likeness (QED) is 0.388. The minimum absolute atomic E-state index is 0. The molecule has 182 valence electrons. The number of nitrogens with one attached hydrogen (secondary N) is 1. The molecule has 0 unspecified atom stereocenters. The number of anilines is 1. The molecule has 7 nitrogen and oxygen atoms in total. The second kappa shape index (κ2) is 14.5. The van der Waals surface area contributed by atoms with E-state index in [0.717, 1.165) is 50.9 Å². The third-order valence-corrected chi connectivity index (χ3v) is 5.55. The molecular weight excluding hydrogens is 473 g/mol. The molecule has 0 fully saturated rings. The van der Waals surface area contributed by atoms with Crippen LogP contribution in [0.1, 0.15) is 36.0 Å². The molecule has 3 aromatic heterocycles. The summed E-state index contributed by atoms with van der Waals surface area (Å²) >= 11 is 0. The molecule has 0 saturated heterocycles. The molecule has 0 saturated carbocycles. The van der Waals surface area contributed by atoms with Gasteiger partial charge in [-0.05, 0) is 73.2 Å². The van der Waals surface area contributed by atoms with Crippen LogP contribution in [0.25, 0.3) is 0 Å². The third-order valence-electron chi connectivity index (χ3n) is 5.55. The number of aryl methyl sites for hydroxylation is 1. The Morgan fingerprint density at radius 3 is 2.56 bits per heavy atom. The molecule has 9 heteroatoms. The zero-order chi connectivity index (χ0) is 22.0. The van der Waals surface area contributed by atoms with Crippen LogP contribution in [0, 0.1) is 0 Å². The van der Waals surface area contributed by atoms with E-state index in [1.807, 2.05) is 43.0 Å². The monoisotopic (exact) mass is 503 g/mol. The van der Waals surface area contributed by atoms with Crippen molar-refractivity contribution in [2.75, 3.05) is 25.0 Å². The number of fused-ring (bicyclic) bond motifs is 1. The summed E-state index contributed by atoms with van der Waals surface area (Å²) in [6.45, 7) is 3.46. The van der Waals surface area contributed by atoms with Gasteiger partial charge in [-0.3, -0.25) is 19.7 Å². The fourth-order valence-corrected chi connectivity index (χ4v) is 3.77. The zero-order valence-corrected chi connectivity index (χ0v) is 20.7. The number of amides is 1. The summed E-state index contributed by atoms with van der Waals surface area (Å²) in [7, 11) is 0. The van der Waals surface area contributed by atoms with E-state index in [1.54, 1.807) is 0 Å². The smallest absolute Gasteiger partial charge is 0.225 e. The minimum Gasteiger partial charge on any atom is -0.478 e. The highest BCUT2D eigenvalue weighted by Gasteiger charge is 2.16. The number of ether oxygens (including phenoxy) is 1. The van der Waals surface area contributed by atoms with Crippen LogP contribution in [0.5, 0.6) is 5.88 Å². The summed E-state index contributed by atoms with van der Waals surface area (Å²) < 4.78 is 5.84. The number of carbonyl (C=O) groups is 1. The predicted octanol–water partition coefficient (Wildman–Crippen LogP) is 4.50. The van der Waals surface area contributed by atoms with Crippen LogP contribution in [-0.4, -0.2) is 45.5 Å². The molecule has 0 spiro atoms. The van der Waals surface area contributed by atoms with Crippen LogP contribution < -0.4 is 10.1 Å². The zero-order valence-electron chi connectivity index (χ0n) is 19.1. The Balaban J connectivity index is 0.00000204. The average Bonchev–Trinajstić information content (AvgIpc) is 2.83. The van der Waals surface area contributed by atoms with Crippen molar-refractivity contribution >= 4 is 36.5 Å². The number of nitrogens with zero attached hydrogens (tertiary/aromatic N) is 4. The maximum atomic E-state index is 11.6. The highest BCUT2D eigenvalue weighted by atomic mass is 35.5. The van der Waals surface area contributed by atoms with Gasteiger partial charge in [0.25, 0.3) is 0 Å². The van der Waals surface area contributed by atoms with E-state index in [0.29, 0.717) is 24.7 Å². The number of hydrogen-bond acceptors (Lipinski definition) is 6. The van der Waals surface area contributed by atoms with Crippen molar-refractivity contribution in [1.29, 1.82) is 0 Å². The summed E-state index contributed by atoms with van der Waals surface area (Å²) in [4.78, 5) is 26.8. The molecule has 1 aliphatic heterocycles. The van der Waals surface area contributed by atoms with Gasteiger partial charge >= 0.3 is 0 Å². The Labute approximate surface area is 213 Å². The van der Waals surface area contributed by atoms with Crippen molar-refractivity contribution in [1.82, 2.24) is 19.9 Å². The number of halogens is 2. The second-order valence-electron chi connectivity index (χ2n) is 8.00. The van der Waals surface area contributed by atoms with Gasteiger partial charge in [0.05, 0.1) is 6.61 Å². The molecule has 0 bridgehead atoms. The summed E-state index contributed by atoms with van der Waals surface area (Å²) in [5.41, 5.74) is 3.58. The van der Waals surface area contributed by atoms with Gasteiger partial charge in [0, 0.05) is 50.4 Å². The standard InChI is InChI=1S/C25H29N5O2.2ClH/c31-23-7-5-22-6-8-24(29-25(22)28-23)32-17-2-1-15-30(19-21-9-13-26-14-10-21)16-11-20-4-3-12-27-18-20;;/h3-4,6,8-10,12-14,18H,1-2,5,7,11,15-17,19H2,(H,28,29,31);2*1H. The number of unbranched alkanes of at least 4 members (excludes halogenated alkanes) is 1. The lowest BCUT2D eigenvalue weighted by Gasteiger charge is -2.22.